The van der Waals surface area contributed by atoms with Crippen LogP contribution in [0.25, 0.3) is 0 Å². The zero-order valence-electron chi connectivity index (χ0n) is 9.08. The molecule has 0 saturated heterocycles. The van der Waals surface area contributed by atoms with E-state index in [1.807, 2.05) is 6.92 Å². The molecule has 0 amide bonds. The number of benzene rings is 1. The van der Waals surface area contributed by atoms with Crippen LogP contribution in [0.1, 0.15) is 30.4 Å². The Balaban J connectivity index is 2.88. The van der Waals surface area contributed by atoms with Gasteiger partial charge in [0.05, 0.1) is 7.11 Å². The molecular weight excluding hydrogens is 176 g/mol. The van der Waals surface area contributed by atoms with Crippen molar-refractivity contribution >= 4 is 0 Å². The van der Waals surface area contributed by atoms with Crippen molar-refractivity contribution < 1.29 is 9.84 Å². The van der Waals surface area contributed by atoms with E-state index in [1.165, 1.54) is 5.56 Å². The first kappa shape index (κ1) is 11.1. The van der Waals surface area contributed by atoms with Gasteiger partial charge in [-0.3, -0.25) is 0 Å². The van der Waals surface area contributed by atoms with Crippen LogP contribution in [0.4, 0.5) is 0 Å². The fourth-order valence-corrected chi connectivity index (χ4v) is 1.50. The van der Waals surface area contributed by atoms with Gasteiger partial charge in [-0.2, -0.15) is 0 Å². The van der Waals surface area contributed by atoms with Gasteiger partial charge in [0.2, 0.25) is 0 Å². The van der Waals surface area contributed by atoms with Crippen molar-refractivity contribution in [3.05, 3.63) is 29.3 Å². The van der Waals surface area contributed by atoms with Crippen molar-refractivity contribution in [2.75, 3.05) is 13.7 Å². The van der Waals surface area contributed by atoms with E-state index in [2.05, 4.69) is 25.1 Å². The minimum Gasteiger partial charge on any atom is -0.496 e. The van der Waals surface area contributed by atoms with E-state index in [-0.39, 0.29) is 6.61 Å². The molecule has 2 heteroatoms. The quantitative estimate of drug-likeness (QED) is 0.798. The molecule has 0 aliphatic rings. The van der Waals surface area contributed by atoms with Gasteiger partial charge in [-0.25, -0.2) is 0 Å². The van der Waals surface area contributed by atoms with Crippen molar-refractivity contribution in [2.24, 2.45) is 0 Å². The normalized spacial score (nSPS) is 12.6. The molecule has 14 heavy (non-hydrogen) atoms. The van der Waals surface area contributed by atoms with E-state index in [1.54, 1.807) is 7.11 Å². The average Bonchev–Trinajstić information content (AvgIpc) is 2.19. The van der Waals surface area contributed by atoms with E-state index in [9.17, 15) is 0 Å². The summed E-state index contributed by atoms with van der Waals surface area (Å²) in [5.74, 6) is 1.31. The molecule has 0 aliphatic heterocycles. The van der Waals surface area contributed by atoms with Crippen LogP contribution in [0.3, 0.4) is 0 Å². The molecule has 0 fully saturated rings. The Morgan fingerprint density at radius 1 is 1.43 bits per heavy atom. The summed E-state index contributed by atoms with van der Waals surface area (Å²) < 4.78 is 5.25. The van der Waals surface area contributed by atoms with Gasteiger partial charge in [0.1, 0.15) is 5.75 Å². The van der Waals surface area contributed by atoms with Crippen LogP contribution in [0.15, 0.2) is 18.2 Å². The third-order valence-corrected chi connectivity index (χ3v) is 2.56. The molecule has 0 heterocycles. The first-order chi connectivity index (χ1) is 6.69. The summed E-state index contributed by atoms with van der Waals surface area (Å²) in [5.41, 5.74) is 2.37. The van der Waals surface area contributed by atoms with Gasteiger partial charge < -0.3 is 9.84 Å². The van der Waals surface area contributed by atoms with Gasteiger partial charge >= 0.3 is 0 Å². The molecule has 78 valence electrons. The summed E-state index contributed by atoms with van der Waals surface area (Å²) in [6.45, 7) is 4.37. The molecule has 0 bridgehead atoms. The average molecular weight is 194 g/mol. The summed E-state index contributed by atoms with van der Waals surface area (Å²) in [7, 11) is 1.68. The van der Waals surface area contributed by atoms with Gasteiger partial charge in [0, 0.05) is 6.61 Å². The Bertz CT molecular complexity index is 294. The predicted molar refractivity (Wildman–Crippen MR) is 57.8 cm³/mol. The lowest BCUT2D eigenvalue weighted by Gasteiger charge is -2.12. The SMILES string of the molecule is COc1cc([C@@H](C)CCO)ccc1C. The van der Waals surface area contributed by atoms with Crippen LogP contribution in [0.5, 0.6) is 5.75 Å². The minimum absolute atomic E-state index is 0.233. The summed E-state index contributed by atoms with van der Waals surface area (Å²) in [6, 6.07) is 6.20. The maximum absolute atomic E-state index is 8.85. The second-order valence-electron chi connectivity index (χ2n) is 3.64. The largest absolute Gasteiger partial charge is 0.496 e. The van der Waals surface area contributed by atoms with Crippen LogP contribution >= 0.6 is 0 Å². The van der Waals surface area contributed by atoms with Gasteiger partial charge in [0.25, 0.3) is 0 Å². The van der Waals surface area contributed by atoms with Crippen molar-refractivity contribution in [3.8, 4) is 5.75 Å². The summed E-state index contributed by atoms with van der Waals surface area (Å²) in [5, 5.41) is 8.85. The second-order valence-corrected chi connectivity index (χ2v) is 3.64. The monoisotopic (exact) mass is 194 g/mol. The topological polar surface area (TPSA) is 29.5 Å². The molecule has 0 spiro atoms. The number of methoxy groups -OCH3 is 1. The number of aliphatic hydroxyl groups excluding tert-OH is 1. The van der Waals surface area contributed by atoms with E-state index in [0.717, 1.165) is 17.7 Å². The highest BCUT2D eigenvalue weighted by Crippen LogP contribution is 2.25. The van der Waals surface area contributed by atoms with E-state index in [0.29, 0.717) is 5.92 Å². The minimum atomic E-state index is 0.233. The Hall–Kier alpha value is -1.02. The zero-order chi connectivity index (χ0) is 10.6. The Morgan fingerprint density at radius 2 is 2.14 bits per heavy atom. The number of hydrogen-bond acceptors (Lipinski definition) is 2. The summed E-state index contributed by atoms with van der Waals surface area (Å²) in [6.07, 6.45) is 0.798. The molecule has 0 radical (unpaired) electrons. The lowest BCUT2D eigenvalue weighted by molar-refractivity contribution is 0.278. The Labute approximate surface area is 85.5 Å². The molecule has 1 N–H and O–H groups in total. The van der Waals surface area contributed by atoms with Gasteiger partial charge in [-0.05, 0) is 36.5 Å². The highest BCUT2D eigenvalue weighted by Gasteiger charge is 2.07. The third-order valence-electron chi connectivity index (χ3n) is 2.56. The molecule has 1 aromatic rings. The molecule has 0 saturated carbocycles. The van der Waals surface area contributed by atoms with Crippen LogP contribution in [0, 0.1) is 6.92 Å². The molecule has 0 aliphatic carbocycles. The van der Waals surface area contributed by atoms with Crippen molar-refractivity contribution in [3.63, 3.8) is 0 Å². The fourth-order valence-electron chi connectivity index (χ4n) is 1.50. The molecule has 0 unspecified atom stereocenters. The van der Waals surface area contributed by atoms with Crippen molar-refractivity contribution in [1.29, 1.82) is 0 Å². The number of aliphatic hydroxyl groups is 1. The smallest absolute Gasteiger partial charge is 0.122 e. The number of rotatable bonds is 4. The van der Waals surface area contributed by atoms with Crippen molar-refractivity contribution in [2.45, 2.75) is 26.2 Å². The number of ether oxygens (including phenoxy) is 1. The predicted octanol–water partition coefficient (Wildman–Crippen LogP) is 2.49. The maximum atomic E-state index is 8.85. The Kier molecular flexibility index (Phi) is 3.96. The van der Waals surface area contributed by atoms with Crippen LogP contribution in [-0.2, 0) is 0 Å². The lowest BCUT2D eigenvalue weighted by Crippen LogP contribution is -1.98. The standard InChI is InChI=1S/C12H18O2/c1-9(6-7-13)11-5-4-10(2)12(8-11)14-3/h4-5,8-9,13H,6-7H2,1-3H3/t9-/m0/s1. The number of aryl methyl sites for hydroxylation is 1. The van der Waals surface area contributed by atoms with Gasteiger partial charge in [0.15, 0.2) is 0 Å². The van der Waals surface area contributed by atoms with E-state index >= 15 is 0 Å². The molecule has 1 atom stereocenters. The van der Waals surface area contributed by atoms with Crippen LogP contribution in [0.2, 0.25) is 0 Å². The molecule has 1 aromatic carbocycles. The van der Waals surface area contributed by atoms with Crippen LogP contribution < -0.4 is 4.74 Å². The van der Waals surface area contributed by atoms with Gasteiger partial charge in [-0.15, -0.1) is 0 Å². The summed E-state index contributed by atoms with van der Waals surface area (Å²) >= 11 is 0. The summed E-state index contributed by atoms with van der Waals surface area (Å²) in [4.78, 5) is 0. The third kappa shape index (κ3) is 2.48. The molecule has 1 rings (SSSR count). The van der Waals surface area contributed by atoms with Crippen LogP contribution in [-0.4, -0.2) is 18.8 Å². The maximum Gasteiger partial charge on any atom is 0.122 e. The van der Waals surface area contributed by atoms with E-state index < -0.39 is 0 Å². The highest BCUT2D eigenvalue weighted by molar-refractivity contribution is 5.37. The molecule has 0 aromatic heterocycles. The molecular formula is C12H18O2. The van der Waals surface area contributed by atoms with Gasteiger partial charge in [-0.1, -0.05) is 19.1 Å². The van der Waals surface area contributed by atoms with E-state index in [4.69, 9.17) is 9.84 Å². The first-order valence-electron chi connectivity index (χ1n) is 4.94. The van der Waals surface area contributed by atoms with Crippen molar-refractivity contribution in [1.82, 2.24) is 0 Å². The second kappa shape index (κ2) is 5.01. The Morgan fingerprint density at radius 3 is 2.71 bits per heavy atom. The lowest BCUT2D eigenvalue weighted by atomic mass is 9.97. The number of hydrogen-bond donors (Lipinski definition) is 1. The fraction of sp³-hybridized carbons (Fsp3) is 0.500. The molecule has 2 nitrogen and oxygen atoms in total. The zero-order valence-corrected chi connectivity index (χ0v) is 9.08. The first-order valence-corrected chi connectivity index (χ1v) is 4.94. The highest BCUT2D eigenvalue weighted by atomic mass is 16.5.